The number of hydrogen-bond acceptors (Lipinski definition) is 3. The molecule has 1 heterocycles. The zero-order valence-electron chi connectivity index (χ0n) is 11.9. The second kappa shape index (κ2) is 6.75. The molecule has 19 heavy (non-hydrogen) atoms. The molecule has 1 aliphatic rings. The molecule has 1 saturated heterocycles. The lowest BCUT2D eigenvalue weighted by Crippen LogP contribution is -2.56. The lowest BCUT2D eigenvalue weighted by molar-refractivity contribution is -0.143. The van der Waals surface area contributed by atoms with E-state index in [1.807, 2.05) is 0 Å². The van der Waals surface area contributed by atoms with Gasteiger partial charge in [-0.05, 0) is 32.1 Å². The predicted molar refractivity (Wildman–Crippen MR) is 71.0 cm³/mol. The van der Waals surface area contributed by atoms with Gasteiger partial charge in [0.25, 0.3) is 0 Å². The summed E-state index contributed by atoms with van der Waals surface area (Å²) in [6.07, 6.45) is 2.16. The van der Waals surface area contributed by atoms with Crippen molar-refractivity contribution in [2.24, 2.45) is 5.92 Å². The average Bonchev–Trinajstić information content (AvgIpc) is 2.39. The first-order valence-electron chi connectivity index (χ1n) is 6.72. The summed E-state index contributed by atoms with van der Waals surface area (Å²) < 4.78 is 5.11. The number of carbonyl (C=O) groups is 2. The second-order valence-electron chi connectivity index (χ2n) is 5.31. The van der Waals surface area contributed by atoms with E-state index >= 15 is 0 Å². The predicted octanol–water partition coefficient (Wildman–Crippen LogP) is 1.31. The van der Waals surface area contributed by atoms with E-state index in [1.165, 1.54) is 6.92 Å². The van der Waals surface area contributed by atoms with E-state index in [9.17, 15) is 9.59 Å². The standard InChI is InChI=1S/C13H24N2O4/c1-4-13(2,11(16)17)14-12(18)15-7-5-10(6-8-15)9-19-3/h10H,4-9H2,1-3H3,(H,14,18)(H,16,17). The molecular weight excluding hydrogens is 248 g/mol. The molecule has 110 valence electrons. The van der Waals surface area contributed by atoms with Crippen molar-refractivity contribution in [3.8, 4) is 0 Å². The van der Waals surface area contributed by atoms with E-state index in [0.717, 1.165) is 19.4 Å². The molecule has 0 aromatic carbocycles. The molecule has 0 aromatic rings. The van der Waals surface area contributed by atoms with Gasteiger partial charge in [0.05, 0.1) is 0 Å². The van der Waals surface area contributed by atoms with Gasteiger partial charge in [0.2, 0.25) is 0 Å². The summed E-state index contributed by atoms with van der Waals surface area (Å²) in [6.45, 7) is 5.31. The van der Waals surface area contributed by atoms with Crippen LogP contribution in [-0.2, 0) is 9.53 Å². The van der Waals surface area contributed by atoms with Crippen LogP contribution in [-0.4, -0.2) is 54.4 Å². The van der Waals surface area contributed by atoms with Crippen LogP contribution in [0.4, 0.5) is 4.79 Å². The van der Waals surface area contributed by atoms with Gasteiger partial charge in [-0.3, -0.25) is 0 Å². The number of nitrogens with one attached hydrogen (secondary N) is 1. The van der Waals surface area contributed by atoms with Crippen LogP contribution >= 0.6 is 0 Å². The number of carbonyl (C=O) groups excluding carboxylic acids is 1. The summed E-state index contributed by atoms with van der Waals surface area (Å²) in [4.78, 5) is 24.9. The molecule has 0 bridgehead atoms. The Hall–Kier alpha value is -1.30. The molecule has 6 nitrogen and oxygen atoms in total. The van der Waals surface area contributed by atoms with Crippen LogP contribution in [0.15, 0.2) is 0 Å². The van der Waals surface area contributed by atoms with Crippen LogP contribution in [0.5, 0.6) is 0 Å². The number of piperidine rings is 1. The SMILES string of the molecule is CCC(C)(NC(=O)N1CCC(COC)CC1)C(=O)O. The summed E-state index contributed by atoms with van der Waals surface area (Å²) in [6, 6.07) is -0.289. The number of carboxylic acids is 1. The lowest BCUT2D eigenvalue weighted by atomic mass is 9.97. The Kier molecular flexibility index (Phi) is 5.60. The van der Waals surface area contributed by atoms with Gasteiger partial charge >= 0.3 is 12.0 Å². The number of aliphatic carboxylic acids is 1. The molecule has 0 radical (unpaired) electrons. The van der Waals surface area contributed by atoms with E-state index in [2.05, 4.69) is 5.32 Å². The molecule has 1 rings (SSSR count). The zero-order chi connectivity index (χ0) is 14.5. The summed E-state index contributed by atoms with van der Waals surface area (Å²) in [5.41, 5.74) is -1.19. The minimum Gasteiger partial charge on any atom is -0.480 e. The summed E-state index contributed by atoms with van der Waals surface area (Å²) in [5.74, 6) is -0.510. The highest BCUT2D eigenvalue weighted by Crippen LogP contribution is 2.18. The number of ether oxygens (including phenoxy) is 1. The number of likely N-dealkylation sites (tertiary alicyclic amines) is 1. The molecule has 0 aromatic heterocycles. The lowest BCUT2D eigenvalue weighted by Gasteiger charge is -2.34. The molecule has 0 saturated carbocycles. The Morgan fingerprint density at radius 1 is 1.42 bits per heavy atom. The van der Waals surface area contributed by atoms with Crippen molar-refractivity contribution in [3.63, 3.8) is 0 Å². The van der Waals surface area contributed by atoms with Crippen LogP contribution in [0, 0.1) is 5.92 Å². The highest BCUT2D eigenvalue weighted by molar-refractivity contribution is 5.85. The molecule has 1 aliphatic heterocycles. The second-order valence-corrected chi connectivity index (χ2v) is 5.31. The van der Waals surface area contributed by atoms with Crippen molar-refractivity contribution in [2.45, 2.75) is 38.6 Å². The maximum atomic E-state index is 12.1. The fourth-order valence-electron chi connectivity index (χ4n) is 2.15. The number of urea groups is 1. The van der Waals surface area contributed by atoms with Crippen LogP contribution in [0.2, 0.25) is 0 Å². The van der Waals surface area contributed by atoms with E-state index in [4.69, 9.17) is 9.84 Å². The minimum absolute atomic E-state index is 0.289. The summed E-state index contributed by atoms with van der Waals surface area (Å²) in [7, 11) is 1.68. The van der Waals surface area contributed by atoms with Crippen molar-refractivity contribution < 1.29 is 19.4 Å². The van der Waals surface area contributed by atoms with Crippen molar-refractivity contribution in [1.29, 1.82) is 0 Å². The first-order chi connectivity index (χ1) is 8.92. The molecule has 1 unspecified atom stereocenters. The number of rotatable bonds is 5. The summed E-state index contributed by atoms with van der Waals surface area (Å²) >= 11 is 0. The van der Waals surface area contributed by atoms with Crippen molar-refractivity contribution >= 4 is 12.0 Å². The van der Waals surface area contributed by atoms with Gasteiger partial charge in [-0.15, -0.1) is 0 Å². The van der Waals surface area contributed by atoms with Gasteiger partial charge in [-0.25, -0.2) is 9.59 Å². The van der Waals surface area contributed by atoms with Gasteiger partial charge in [0, 0.05) is 26.8 Å². The highest BCUT2D eigenvalue weighted by Gasteiger charge is 2.35. The Balaban J connectivity index is 2.49. The number of hydrogen-bond donors (Lipinski definition) is 2. The molecule has 0 aliphatic carbocycles. The number of nitrogens with zero attached hydrogens (tertiary/aromatic N) is 1. The quantitative estimate of drug-likeness (QED) is 0.791. The van der Waals surface area contributed by atoms with Gasteiger partial charge in [0.15, 0.2) is 0 Å². The Labute approximate surface area is 114 Å². The summed E-state index contributed by atoms with van der Waals surface area (Å²) in [5, 5.41) is 11.8. The van der Waals surface area contributed by atoms with Crippen LogP contribution in [0.3, 0.4) is 0 Å². The topological polar surface area (TPSA) is 78.9 Å². The fraction of sp³-hybridized carbons (Fsp3) is 0.846. The van der Waals surface area contributed by atoms with Crippen LogP contribution < -0.4 is 5.32 Å². The largest absolute Gasteiger partial charge is 0.480 e. The Morgan fingerprint density at radius 3 is 2.42 bits per heavy atom. The normalized spacial score (nSPS) is 19.8. The molecule has 6 heteroatoms. The van der Waals surface area contributed by atoms with E-state index < -0.39 is 11.5 Å². The maximum absolute atomic E-state index is 12.1. The van der Waals surface area contributed by atoms with Crippen LogP contribution in [0.25, 0.3) is 0 Å². The smallest absolute Gasteiger partial charge is 0.329 e. The van der Waals surface area contributed by atoms with E-state index in [-0.39, 0.29) is 6.03 Å². The van der Waals surface area contributed by atoms with Gasteiger partial charge in [-0.2, -0.15) is 0 Å². The minimum atomic E-state index is -1.19. The molecule has 1 fully saturated rings. The number of carboxylic acid groups (broad SMARTS) is 1. The number of methoxy groups -OCH3 is 1. The Morgan fingerprint density at radius 2 is 2.00 bits per heavy atom. The van der Waals surface area contributed by atoms with Crippen molar-refractivity contribution in [3.05, 3.63) is 0 Å². The number of amides is 2. The fourth-order valence-corrected chi connectivity index (χ4v) is 2.15. The van der Waals surface area contributed by atoms with Crippen LogP contribution in [0.1, 0.15) is 33.1 Å². The van der Waals surface area contributed by atoms with Crippen molar-refractivity contribution in [2.75, 3.05) is 26.8 Å². The maximum Gasteiger partial charge on any atom is 0.329 e. The zero-order valence-corrected chi connectivity index (χ0v) is 11.9. The van der Waals surface area contributed by atoms with Gasteiger partial charge in [-0.1, -0.05) is 6.92 Å². The average molecular weight is 272 g/mol. The molecule has 2 N–H and O–H groups in total. The van der Waals surface area contributed by atoms with E-state index in [1.54, 1.807) is 18.9 Å². The first kappa shape index (κ1) is 15.8. The van der Waals surface area contributed by atoms with E-state index in [0.29, 0.717) is 25.4 Å². The first-order valence-corrected chi connectivity index (χ1v) is 6.72. The molecule has 1 atom stereocenters. The molecule has 2 amide bonds. The highest BCUT2D eigenvalue weighted by atomic mass is 16.5. The third kappa shape index (κ3) is 4.09. The Bertz CT molecular complexity index is 327. The third-order valence-corrected chi connectivity index (χ3v) is 3.87. The van der Waals surface area contributed by atoms with Crippen molar-refractivity contribution in [1.82, 2.24) is 10.2 Å². The monoisotopic (exact) mass is 272 g/mol. The third-order valence-electron chi connectivity index (χ3n) is 3.87. The van der Waals surface area contributed by atoms with Gasteiger partial charge in [0.1, 0.15) is 5.54 Å². The molecule has 0 spiro atoms. The van der Waals surface area contributed by atoms with Gasteiger partial charge < -0.3 is 20.1 Å². The molecular formula is C13H24N2O4.